The van der Waals surface area contributed by atoms with Gasteiger partial charge in [0.2, 0.25) is 0 Å². The van der Waals surface area contributed by atoms with Crippen LogP contribution in [0.15, 0.2) is 0 Å². The van der Waals surface area contributed by atoms with Crippen LogP contribution in [-0.4, -0.2) is 32.2 Å². The molecule has 8 saturated carbocycles. The van der Waals surface area contributed by atoms with E-state index in [9.17, 15) is 18.0 Å². The summed E-state index contributed by atoms with van der Waals surface area (Å²) in [6, 6.07) is 0. The minimum Gasteiger partial charge on any atom is -0.299 e. The highest BCUT2D eigenvalue weighted by Crippen LogP contribution is 2.67. The average Bonchev–Trinajstić information content (AvgIpc) is 3.47. The molecule has 45 heavy (non-hydrogen) atoms. The molecule has 0 N–H and O–H groups in total. The predicted octanol–water partition coefficient (Wildman–Crippen LogP) is 8.23. The van der Waals surface area contributed by atoms with E-state index >= 15 is 0 Å². The Bertz CT molecular complexity index is 1250. The van der Waals surface area contributed by atoms with E-state index in [1.807, 2.05) is 0 Å². The van der Waals surface area contributed by atoms with Crippen LogP contribution >= 0.6 is 0 Å². The minimum atomic E-state index is -4.07. The largest absolute Gasteiger partial charge is 0.400 e. The molecule has 252 valence electrons. The molecule has 0 bridgehead atoms. The zero-order valence-corrected chi connectivity index (χ0v) is 29.2. The van der Waals surface area contributed by atoms with E-state index in [1.54, 1.807) is 0 Å². The van der Waals surface area contributed by atoms with E-state index in [1.165, 1.54) is 12.8 Å². The van der Waals surface area contributed by atoms with Crippen molar-refractivity contribution in [3.05, 3.63) is 0 Å². The van der Waals surface area contributed by atoms with Crippen molar-refractivity contribution in [1.82, 2.24) is 0 Å². The van der Waals surface area contributed by atoms with Gasteiger partial charge >= 0.3 is 10.4 Å². The zero-order chi connectivity index (χ0) is 31.6. The molecule has 0 unspecified atom stereocenters. The van der Waals surface area contributed by atoms with Gasteiger partial charge in [-0.05, 0) is 161 Å². The van der Waals surface area contributed by atoms with Crippen molar-refractivity contribution in [3.8, 4) is 0 Å². The molecule has 14 atom stereocenters. The lowest BCUT2D eigenvalue weighted by Crippen LogP contribution is -2.54. The molecule has 0 amide bonds. The van der Waals surface area contributed by atoms with Crippen LogP contribution in [0.2, 0.25) is 0 Å². The second kappa shape index (κ2) is 10.6. The maximum Gasteiger partial charge on any atom is 0.400 e. The highest BCUT2D eigenvalue weighted by molar-refractivity contribution is 7.81. The first-order valence-electron chi connectivity index (χ1n) is 18.9. The number of carbonyl (C=O) groups excluding carboxylic acids is 2. The summed E-state index contributed by atoms with van der Waals surface area (Å²) < 4.78 is 38.6. The first kappa shape index (κ1) is 31.5. The van der Waals surface area contributed by atoms with Crippen LogP contribution in [0.1, 0.15) is 143 Å². The molecule has 0 aliphatic heterocycles. The molecule has 7 heteroatoms. The van der Waals surface area contributed by atoms with Crippen LogP contribution in [0.3, 0.4) is 0 Å². The van der Waals surface area contributed by atoms with Crippen LogP contribution in [-0.2, 0) is 28.4 Å². The third-order valence-corrected chi connectivity index (χ3v) is 18.2. The SMILES string of the molecule is C[C@]12CC[C@@H](OS(=O)(=O)O[C@@H]3CC[C@@]4(C)[C@@H](CC[C@@H]5[C@@H]4CC[C@]4(C)C(=O)CC[C@@H]54)C3)C[C@@H]1CC[C@@H]1[C@@H]2CC[C@]2(C)C(=O)CC[C@@H]12. The van der Waals surface area contributed by atoms with Crippen molar-refractivity contribution < 1.29 is 26.4 Å². The summed E-state index contributed by atoms with van der Waals surface area (Å²) in [7, 11) is -4.07. The quantitative estimate of drug-likeness (QED) is 0.307. The average molecular weight is 643 g/mol. The van der Waals surface area contributed by atoms with E-state index in [4.69, 9.17) is 8.37 Å². The van der Waals surface area contributed by atoms with E-state index in [0.29, 0.717) is 58.9 Å². The van der Waals surface area contributed by atoms with Crippen molar-refractivity contribution in [3.63, 3.8) is 0 Å². The van der Waals surface area contributed by atoms with E-state index in [0.717, 1.165) is 103 Å². The number of ketones is 2. The number of carbonyl (C=O) groups is 2. The smallest absolute Gasteiger partial charge is 0.299 e. The fraction of sp³-hybridized carbons (Fsp3) is 0.947. The van der Waals surface area contributed by atoms with Crippen molar-refractivity contribution in [2.45, 2.75) is 155 Å². The summed E-state index contributed by atoms with van der Waals surface area (Å²) in [6.45, 7) is 9.43. The summed E-state index contributed by atoms with van der Waals surface area (Å²) in [5.41, 5.74) is 0.241. The molecule has 0 aromatic carbocycles. The molecule has 0 aromatic heterocycles. The Morgan fingerprint density at radius 1 is 0.533 bits per heavy atom. The van der Waals surface area contributed by atoms with Crippen molar-refractivity contribution in [1.29, 1.82) is 0 Å². The van der Waals surface area contributed by atoms with Crippen LogP contribution in [0.5, 0.6) is 0 Å². The normalized spacial score (nSPS) is 54.3. The number of hydrogen-bond donors (Lipinski definition) is 0. The fourth-order valence-corrected chi connectivity index (χ4v) is 15.6. The maximum absolute atomic E-state index is 13.4. The topological polar surface area (TPSA) is 86.7 Å². The molecular weight excluding hydrogens is 584 g/mol. The molecule has 0 spiro atoms. The van der Waals surface area contributed by atoms with Crippen LogP contribution in [0.4, 0.5) is 0 Å². The number of rotatable bonds is 4. The molecular formula is C38H58O6S. The van der Waals surface area contributed by atoms with Crippen LogP contribution in [0, 0.1) is 69.0 Å². The lowest BCUT2D eigenvalue weighted by Gasteiger charge is -2.60. The third-order valence-electron chi connectivity index (χ3n) is 17.2. The van der Waals surface area contributed by atoms with E-state index in [-0.39, 0.29) is 33.9 Å². The van der Waals surface area contributed by atoms with Gasteiger partial charge < -0.3 is 0 Å². The standard InChI is InChI=1S/C38H58O6S/c1-35-17-13-25(21-23(35)5-7-27-29-9-11-33(39)37(29,3)19-15-31(27)35)43-45(41,42)44-26-14-18-36(2)24(22-26)6-8-28-30-10-12-34(40)38(30,4)20-16-32(28)36/h23-32H,5-22H2,1-4H3/t23-,24-,25+,26+,27-,28-,29-,30-,31-,32-,35-,36-,37-,38-/m0/s1. The number of hydrogen-bond acceptors (Lipinski definition) is 6. The van der Waals surface area contributed by atoms with Gasteiger partial charge in [-0.1, -0.05) is 27.7 Å². The molecule has 8 aliphatic carbocycles. The van der Waals surface area contributed by atoms with Gasteiger partial charge in [0, 0.05) is 23.7 Å². The Labute approximate surface area is 272 Å². The third kappa shape index (κ3) is 4.68. The maximum atomic E-state index is 13.4. The lowest BCUT2D eigenvalue weighted by molar-refractivity contribution is -0.142. The molecule has 0 heterocycles. The van der Waals surface area contributed by atoms with Crippen LogP contribution in [0.25, 0.3) is 0 Å². The molecule has 8 fully saturated rings. The van der Waals surface area contributed by atoms with Gasteiger partial charge in [-0.2, -0.15) is 8.42 Å². The molecule has 6 nitrogen and oxygen atoms in total. The Morgan fingerprint density at radius 2 is 0.956 bits per heavy atom. The van der Waals surface area contributed by atoms with Gasteiger partial charge in [-0.25, -0.2) is 8.37 Å². The molecule has 0 aromatic rings. The molecule has 8 rings (SSSR count). The van der Waals surface area contributed by atoms with Gasteiger partial charge in [0.15, 0.2) is 0 Å². The second-order valence-electron chi connectivity index (χ2n) is 18.5. The van der Waals surface area contributed by atoms with Crippen molar-refractivity contribution in [2.24, 2.45) is 69.0 Å². The summed E-state index contributed by atoms with van der Waals surface area (Å²) >= 11 is 0. The Balaban J connectivity index is 0.879. The van der Waals surface area contributed by atoms with Gasteiger partial charge in [-0.15, -0.1) is 0 Å². The first-order chi connectivity index (χ1) is 21.3. The van der Waals surface area contributed by atoms with Crippen molar-refractivity contribution in [2.75, 3.05) is 0 Å². The number of fused-ring (bicyclic) bond motifs is 10. The monoisotopic (exact) mass is 642 g/mol. The lowest BCUT2D eigenvalue weighted by atomic mass is 9.45. The summed E-state index contributed by atoms with van der Waals surface area (Å²) in [5.74, 6) is 5.63. The Kier molecular flexibility index (Phi) is 7.42. The molecule has 8 aliphatic rings. The molecule has 0 radical (unpaired) electrons. The summed E-state index contributed by atoms with van der Waals surface area (Å²) in [5, 5.41) is 0. The van der Waals surface area contributed by atoms with E-state index in [2.05, 4.69) is 27.7 Å². The van der Waals surface area contributed by atoms with Gasteiger partial charge in [0.05, 0.1) is 12.2 Å². The van der Waals surface area contributed by atoms with Crippen LogP contribution < -0.4 is 0 Å². The van der Waals surface area contributed by atoms with E-state index < -0.39 is 10.4 Å². The van der Waals surface area contributed by atoms with Gasteiger partial charge in [0.25, 0.3) is 0 Å². The highest BCUT2D eigenvalue weighted by atomic mass is 32.3. The highest BCUT2D eigenvalue weighted by Gasteiger charge is 2.62. The summed E-state index contributed by atoms with van der Waals surface area (Å²) in [4.78, 5) is 25.6. The van der Waals surface area contributed by atoms with Gasteiger partial charge in [0.1, 0.15) is 11.6 Å². The Morgan fingerprint density at radius 3 is 1.38 bits per heavy atom. The second-order valence-corrected chi connectivity index (χ2v) is 19.7. The Hall–Kier alpha value is -0.790. The predicted molar refractivity (Wildman–Crippen MR) is 172 cm³/mol. The fourth-order valence-electron chi connectivity index (χ4n) is 14.5. The minimum absolute atomic E-state index is 0.0970. The first-order valence-corrected chi connectivity index (χ1v) is 20.3. The summed E-state index contributed by atoms with van der Waals surface area (Å²) in [6.07, 6.45) is 17.2. The van der Waals surface area contributed by atoms with Crippen molar-refractivity contribution >= 4 is 22.0 Å². The molecule has 0 saturated heterocycles. The zero-order valence-electron chi connectivity index (χ0n) is 28.4. The number of Topliss-reactive ketones (excluding diaryl/α,β-unsaturated/α-hetero) is 2. The van der Waals surface area contributed by atoms with Gasteiger partial charge in [-0.3, -0.25) is 9.59 Å².